The van der Waals surface area contributed by atoms with Gasteiger partial charge in [0.25, 0.3) is 0 Å². The van der Waals surface area contributed by atoms with Crippen molar-refractivity contribution in [3.05, 3.63) is 29.8 Å². The van der Waals surface area contributed by atoms with E-state index in [2.05, 4.69) is 22.3 Å². The van der Waals surface area contributed by atoms with E-state index in [1.165, 1.54) is 12.0 Å². The molecule has 1 aromatic rings. The van der Waals surface area contributed by atoms with Gasteiger partial charge in [-0.05, 0) is 43.5 Å². The first kappa shape index (κ1) is 14.4. The second-order valence-electron chi connectivity index (χ2n) is 6.03. The van der Waals surface area contributed by atoms with Gasteiger partial charge in [-0.25, -0.2) is 0 Å². The van der Waals surface area contributed by atoms with Crippen molar-refractivity contribution in [2.45, 2.75) is 50.7 Å². The summed E-state index contributed by atoms with van der Waals surface area (Å²) in [5, 5.41) is 3.57. The minimum atomic E-state index is 0.309. The Morgan fingerprint density at radius 3 is 2.81 bits per heavy atom. The van der Waals surface area contributed by atoms with Gasteiger partial charge < -0.3 is 15.0 Å². The average Bonchev–Trinajstić information content (AvgIpc) is 2.96. The molecule has 2 saturated heterocycles. The SMILES string of the molecule is COc1ccc(CN2C(=O)CCCCC3NCCC32)cc1. The van der Waals surface area contributed by atoms with Gasteiger partial charge in [0, 0.05) is 25.0 Å². The molecule has 114 valence electrons. The lowest BCUT2D eigenvalue weighted by Gasteiger charge is -2.35. The molecule has 0 spiro atoms. The largest absolute Gasteiger partial charge is 0.497 e. The van der Waals surface area contributed by atoms with Crippen molar-refractivity contribution in [2.75, 3.05) is 13.7 Å². The summed E-state index contributed by atoms with van der Waals surface area (Å²) in [6.07, 6.45) is 5.14. The second kappa shape index (κ2) is 6.48. The van der Waals surface area contributed by atoms with Gasteiger partial charge in [0.05, 0.1) is 7.11 Å². The van der Waals surface area contributed by atoms with Crippen LogP contribution in [-0.2, 0) is 11.3 Å². The van der Waals surface area contributed by atoms with E-state index in [0.29, 0.717) is 31.0 Å². The number of ether oxygens (including phenoxy) is 1. The Morgan fingerprint density at radius 2 is 2.05 bits per heavy atom. The first-order valence-corrected chi connectivity index (χ1v) is 7.94. The number of fused-ring (bicyclic) bond motifs is 1. The Hall–Kier alpha value is -1.55. The maximum atomic E-state index is 12.5. The first-order valence-electron chi connectivity index (χ1n) is 7.94. The van der Waals surface area contributed by atoms with Gasteiger partial charge in [-0.3, -0.25) is 4.79 Å². The minimum Gasteiger partial charge on any atom is -0.497 e. The number of hydrogen-bond acceptors (Lipinski definition) is 3. The lowest BCUT2D eigenvalue weighted by Crippen LogP contribution is -2.47. The van der Waals surface area contributed by atoms with Gasteiger partial charge in [0.1, 0.15) is 5.75 Å². The number of hydrogen-bond donors (Lipinski definition) is 1. The highest BCUT2D eigenvalue weighted by Crippen LogP contribution is 2.26. The van der Waals surface area contributed by atoms with Crippen LogP contribution in [0.1, 0.15) is 37.7 Å². The molecule has 0 saturated carbocycles. The van der Waals surface area contributed by atoms with Crippen LogP contribution in [0.3, 0.4) is 0 Å². The summed E-state index contributed by atoms with van der Waals surface area (Å²) in [5.41, 5.74) is 1.18. The molecule has 4 heteroatoms. The maximum Gasteiger partial charge on any atom is 0.223 e. The van der Waals surface area contributed by atoms with Crippen LogP contribution in [0.25, 0.3) is 0 Å². The van der Waals surface area contributed by atoms with Gasteiger partial charge in [-0.2, -0.15) is 0 Å². The highest BCUT2D eigenvalue weighted by molar-refractivity contribution is 5.76. The van der Waals surface area contributed by atoms with Crippen LogP contribution in [0, 0.1) is 0 Å². The van der Waals surface area contributed by atoms with Crippen molar-refractivity contribution in [3.63, 3.8) is 0 Å². The highest BCUT2D eigenvalue weighted by atomic mass is 16.5. The quantitative estimate of drug-likeness (QED) is 0.928. The number of rotatable bonds is 3. The molecule has 2 aliphatic heterocycles. The van der Waals surface area contributed by atoms with Gasteiger partial charge in [-0.15, -0.1) is 0 Å². The average molecular weight is 288 g/mol. The first-order chi connectivity index (χ1) is 10.3. The van der Waals surface area contributed by atoms with E-state index in [4.69, 9.17) is 4.74 Å². The fourth-order valence-corrected chi connectivity index (χ4v) is 3.52. The third kappa shape index (κ3) is 3.21. The van der Waals surface area contributed by atoms with E-state index in [1.54, 1.807) is 7.11 Å². The predicted molar refractivity (Wildman–Crippen MR) is 82.2 cm³/mol. The van der Waals surface area contributed by atoms with E-state index >= 15 is 0 Å². The van der Waals surface area contributed by atoms with Crippen molar-refractivity contribution in [1.82, 2.24) is 10.2 Å². The van der Waals surface area contributed by atoms with Crippen molar-refractivity contribution in [1.29, 1.82) is 0 Å². The molecule has 1 amide bonds. The van der Waals surface area contributed by atoms with E-state index in [1.807, 2.05) is 12.1 Å². The third-order valence-electron chi connectivity index (χ3n) is 4.70. The molecular weight excluding hydrogens is 264 g/mol. The Balaban J connectivity index is 1.76. The summed E-state index contributed by atoms with van der Waals surface area (Å²) in [7, 11) is 1.67. The van der Waals surface area contributed by atoms with Gasteiger partial charge in [0.2, 0.25) is 5.91 Å². The number of amides is 1. The molecule has 2 aliphatic rings. The van der Waals surface area contributed by atoms with E-state index in [9.17, 15) is 4.79 Å². The molecule has 2 heterocycles. The van der Waals surface area contributed by atoms with Gasteiger partial charge >= 0.3 is 0 Å². The molecule has 2 unspecified atom stereocenters. The molecule has 21 heavy (non-hydrogen) atoms. The summed E-state index contributed by atoms with van der Waals surface area (Å²) in [6.45, 7) is 1.74. The number of carbonyl (C=O) groups excluding carboxylic acids is 1. The van der Waals surface area contributed by atoms with E-state index in [-0.39, 0.29) is 0 Å². The fraction of sp³-hybridized carbons (Fsp3) is 0.588. The number of carbonyl (C=O) groups is 1. The molecule has 2 atom stereocenters. The smallest absolute Gasteiger partial charge is 0.223 e. The van der Waals surface area contributed by atoms with Crippen LogP contribution in [0.2, 0.25) is 0 Å². The normalized spacial score (nSPS) is 26.1. The predicted octanol–water partition coefficient (Wildman–Crippen LogP) is 2.33. The van der Waals surface area contributed by atoms with Gasteiger partial charge in [0.15, 0.2) is 0 Å². The Morgan fingerprint density at radius 1 is 1.24 bits per heavy atom. The summed E-state index contributed by atoms with van der Waals surface area (Å²) in [6, 6.07) is 8.89. The van der Waals surface area contributed by atoms with Gasteiger partial charge in [-0.1, -0.05) is 18.6 Å². The molecule has 2 fully saturated rings. The van der Waals surface area contributed by atoms with Crippen LogP contribution in [0.4, 0.5) is 0 Å². The van der Waals surface area contributed by atoms with Crippen LogP contribution in [0.5, 0.6) is 5.75 Å². The standard InChI is InChI=1S/C17H24N2O2/c1-21-14-8-6-13(7-9-14)12-19-16-10-11-18-15(16)4-2-3-5-17(19)20/h6-9,15-16,18H,2-5,10-12H2,1H3. The number of likely N-dealkylation sites (tertiary alicyclic amines) is 1. The molecule has 0 aromatic heterocycles. The van der Waals surface area contributed by atoms with Crippen LogP contribution < -0.4 is 10.1 Å². The van der Waals surface area contributed by atoms with Crippen molar-refractivity contribution >= 4 is 5.91 Å². The van der Waals surface area contributed by atoms with Crippen LogP contribution >= 0.6 is 0 Å². The molecule has 1 aromatic carbocycles. The topological polar surface area (TPSA) is 41.6 Å². The summed E-state index contributed by atoms with van der Waals surface area (Å²) in [5.74, 6) is 1.17. The van der Waals surface area contributed by atoms with E-state index < -0.39 is 0 Å². The number of nitrogens with zero attached hydrogens (tertiary/aromatic N) is 1. The lowest BCUT2D eigenvalue weighted by molar-refractivity contribution is -0.135. The summed E-state index contributed by atoms with van der Waals surface area (Å²) in [4.78, 5) is 14.6. The monoisotopic (exact) mass is 288 g/mol. The molecular formula is C17H24N2O2. The minimum absolute atomic E-state index is 0.309. The summed E-state index contributed by atoms with van der Waals surface area (Å²) < 4.78 is 5.20. The number of benzene rings is 1. The zero-order valence-corrected chi connectivity index (χ0v) is 12.7. The molecule has 4 nitrogen and oxygen atoms in total. The fourth-order valence-electron chi connectivity index (χ4n) is 3.52. The zero-order chi connectivity index (χ0) is 14.7. The Bertz CT molecular complexity index is 486. The lowest BCUT2D eigenvalue weighted by atomic mass is 9.97. The Kier molecular flexibility index (Phi) is 4.44. The maximum absolute atomic E-state index is 12.5. The number of methoxy groups -OCH3 is 1. The third-order valence-corrected chi connectivity index (χ3v) is 4.70. The Labute approximate surface area is 126 Å². The molecule has 0 radical (unpaired) electrons. The summed E-state index contributed by atoms with van der Waals surface area (Å²) >= 11 is 0. The zero-order valence-electron chi connectivity index (χ0n) is 12.7. The van der Waals surface area contributed by atoms with Crippen LogP contribution in [-0.4, -0.2) is 36.5 Å². The van der Waals surface area contributed by atoms with Crippen molar-refractivity contribution in [3.8, 4) is 5.75 Å². The molecule has 3 rings (SSSR count). The second-order valence-corrected chi connectivity index (χ2v) is 6.03. The van der Waals surface area contributed by atoms with E-state index in [0.717, 1.165) is 31.6 Å². The van der Waals surface area contributed by atoms with Crippen molar-refractivity contribution in [2.24, 2.45) is 0 Å². The molecule has 0 aliphatic carbocycles. The van der Waals surface area contributed by atoms with Crippen LogP contribution in [0.15, 0.2) is 24.3 Å². The number of nitrogens with one attached hydrogen (secondary N) is 1. The van der Waals surface area contributed by atoms with Crippen molar-refractivity contribution < 1.29 is 9.53 Å². The molecule has 0 bridgehead atoms. The molecule has 1 N–H and O–H groups in total. The highest BCUT2D eigenvalue weighted by Gasteiger charge is 2.35.